The molecule has 0 saturated heterocycles. The summed E-state index contributed by atoms with van der Waals surface area (Å²) in [5.74, 6) is -3.32. The molecule has 2 N–H and O–H groups in total. The maximum absolute atomic E-state index is 14.5. The molecule has 24 heavy (non-hydrogen) atoms. The molecule has 0 aliphatic rings. The Labute approximate surface area is 139 Å². The van der Waals surface area contributed by atoms with Crippen molar-refractivity contribution in [1.82, 2.24) is 9.97 Å². The fraction of sp³-hybridized carbons (Fsp3) is 0.125. The summed E-state index contributed by atoms with van der Waals surface area (Å²) in [6.45, 7) is -0.518. The number of benzene rings is 1. The summed E-state index contributed by atoms with van der Waals surface area (Å²) in [5, 5.41) is 9.38. The van der Waals surface area contributed by atoms with Crippen molar-refractivity contribution in [1.29, 1.82) is 0 Å². The second kappa shape index (κ2) is 6.54. The van der Waals surface area contributed by atoms with Gasteiger partial charge < -0.3 is 14.8 Å². The lowest BCUT2D eigenvalue weighted by molar-refractivity contribution is 0.103. The molecule has 0 spiro atoms. The number of aromatic nitrogens is 2. The topological polar surface area (TPSA) is 75.2 Å². The van der Waals surface area contributed by atoms with E-state index in [4.69, 9.17) is 21.4 Å². The summed E-state index contributed by atoms with van der Waals surface area (Å²) < 4.78 is 33.5. The standard InChI is InChI=1S/C16H11ClF2N2O3/c17-8-5-9-10(7-21-16(9)20-6-8)15(23)13-11(18)1-2-12(14(13)19)24-4-3-22/h1-2,5-7,22H,3-4H2,(H,20,21). The van der Waals surface area contributed by atoms with Gasteiger partial charge in [0.05, 0.1) is 17.2 Å². The van der Waals surface area contributed by atoms with Gasteiger partial charge in [0.1, 0.15) is 18.1 Å². The molecule has 3 aromatic rings. The highest BCUT2D eigenvalue weighted by molar-refractivity contribution is 6.31. The summed E-state index contributed by atoms with van der Waals surface area (Å²) in [7, 11) is 0. The highest BCUT2D eigenvalue weighted by atomic mass is 35.5. The van der Waals surface area contributed by atoms with Crippen molar-refractivity contribution in [2.24, 2.45) is 0 Å². The first-order chi connectivity index (χ1) is 11.5. The lowest BCUT2D eigenvalue weighted by atomic mass is 10.0. The second-order valence-corrected chi connectivity index (χ2v) is 5.32. The minimum absolute atomic E-state index is 0.0390. The predicted octanol–water partition coefficient (Wildman–Crippen LogP) is 3.10. The van der Waals surface area contributed by atoms with Crippen molar-refractivity contribution in [3.8, 4) is 5.75 Å². The van der Waals surface area contributed by atoms with Crippen LogP contribution in [0.5, 0.6) is 5.75 Å². The number of nitrogens with one attached hydrogen (secondary N) is 1. The predicted molar refractivity (Wildman–Crippen MR) is 83.5 cm³/mol. The Morgan fingerprint density at radius 2 is 2.17 bits per heavy atom. The largest absolute Gasteiger partial charge is 0.488 e. The van der Waals surface area contributed by atoms with Gasteiger partial charge in [0.25, 0.3) is 0 Å². The van der Waals surface area contributed by atoms with Crippen molar-refractivity contribution < 1.29 is 23.4 Å². The van der Waals surface area contributed by atoms with Crippen LogP contribution >= 0.6 is 11.6 Å². The number of aliphatic hydroxyl groups excluding tert-OH is 1. The second-order valence-electron chi connectivity index (χ2n) is 4.89. The van der Waals surface area contributed by atoms with Crippen LogP contribution in [0.4, 0.5) is 8.78 Å². The molecule has 0 atom stereocenters. The Morgan fingerprint density at radius 1 is 1.38 bits per heavy atom. The number of ketones is 1. The molecular weight excluding hydrogens is 342 g/mol. The van der Waals surface area contributed by atoms with Gasteiger partial charge in [-0.3, -0.25) is 4.79 Å². The van der Waals surface area contributed by atoms with E-state index in [9.17, 15) is 13.6 Å². The van der Waals surface area contributed by atoms with Gasteiger partial charge >= 0.3 is 0 Å². The quantitative estimate of drug-likeness (QED) is 0.692. The van der Waals surface area contributed by atoms with E-state index in [-0.39, 0.29) is 29.5 Å². The molecule has 2 heterocycles. The number of nitrogens with zero attached hydrogens (tertiary/aromatic N) is 1. The van der Waals surface area contributed by atoms with Crippen LogP contribution in [-0.2, 0) is 0 Å². The molecule has 3 rings (SSSR count). The van der Waals surface area contributed by atoms with Crippen LogP contribution in [0.2, 0.25) is 5.02 Å². The van der Waals surface area contributed by atoms with Gasteiger partial charge in [0, 0.05) is 23.3 Å². The maximum Gasteiger partial charge on any atom is 0.201 e. The zero-order valence-corrected chi connectivity index (χ0v) is 12.9. The number of hydrogen-bond donors (Lipinski definition) is 2. The van der Waals surface area contributed by atoms with Gasteiger partial charge in [0.2, 0.25) is 5.78 Å². The number of hydrogen-bond acceptors (Lipinski definition) is 4. The van der Waals surface area contributed by atoms with Gasteiger partial charge in [0.15, 0.2) is 11.6 Å². The Balaban J connectivity index is 2.10. The molecule has 0 bridgehead atoms. The number of rotatable bonds is 5. The molecule has 1 aromatic carbocycles. The van der Waals surface area contributed by atoms with Crippen LogP contribution in [-0.4, -0.2) is 34.1 Å². The average Bonchev–Trinajstić information content (AvgIpc) is 2.97. The summed E-state index contributed by atoms with van der Waals surface area (Å²) in [4.78, 5) is 19.4. The van der Waals surface area contributed by atoms with Crippen molar-refractivity contribution in [2.45, 2.75) is 0 Å². The monoisotopic (exact) mass is 352 g/mol. The van der Waals surface area contributed by atoms with Crippen LogP contribution < -0.4 is 4.74 Å². The van der Waals surface area contributed by atoms with Crippen LogP contribution in [0.25, 0.3) is 11.0 Å². The number of halogens is 3. The highest BCUT2D eigenvalue weighted by Crippen LogP contribution is 2.28. The van der Waals surface area contributed by atoms with E-state index < -0.39 is 23.0 Å². The van der Waals surface area contributed by atoms with Crippen LogP contribution in [0.15, 0.2) is 30.6 Å². The highest BCUT2D eigenvalue weighted by Gasteiger charge is 2.25. The number of H-pyrrole nitrogens is 1. The first kappa shape index (κ1) is 16.4. The van der Waals surface area contributed by atoms with Gasteiger partial charge in [-0.25, -0.2) is 13.8 Å². The van der Waals surface area contributed by atoms with Crippen LogP contribution in [0.3, 0.4) is 0 Å². The minimum Gasteiger partial charge on any atom is -0.488 e. The van der Waals surface area contributed by atoms with Crippen molar-refractivity contribution in [3.05, 3.63) is 58.4 Å². The molecule has 0 amide bonds. The summed E-state index contributed by atoms with van der Waals surface area (Å²) in [6.07, 6.45) is 2.70. The Bertz CT molecular complexity index is 927. The van der Waals surface area contributed by atoms with Crippen LogP contribution in [0, 0.1) is 11.6 Å². The van der Waals surface area contributed by atoms with E-state index in [1.807, 2.05) is 0 Å². The molecule has 0 fully saturated rings. The number of carbonyl (C=O) groups is 1. The van der Waals surface area contributed by atoms with E-state index in [0.717, 1.165) is 12.1 Å². The van der Waals surface area contributed by atoms with Crippen molar-refractivity contribution >= 4 is 28.4 Å². The van der Waals surface area contributed by atoms with E-state index in [2.05, 4.69) is 9.97 Å². The molecule has 0 aliphatic carbocycles. The lowest BCUT2D eigenvalue weighted by Gasteiger charge is -2.09. The van der Waals surface area contributed by atoms with E-state index in [1.165, 1.54) is 18.5 Å². The number of fused-ring (bicyclic) bond motifs is 1. The van der Waals surface area contributed by atoms with E-state index in [1.54, 1.807) is 0 Å². The SMILES string of the molecule is O=C(c1c(F)ccc(OCCO)c1F)c1c[nH]c2ncc(Cl)cc12. The normalized spacial score (nSPS) is 11.0. The summed E-state index contributed by atoms with van der Waals surface area (Å²) in [6, 6.07) is 3.48. The first-order valence-electron chi connectivity index (χ1n) is 6.92. The summed E-state index contributed by atoms with van der Waals surface area (Å²) in [5.41, 5.74) is -0.334. The molecule has 124 valence electrons. The van der Waals surface area contributed by atoms with Crippen LogP contribution in [0.1, 0.15) is 15.9 Å². The van der Waals surface area contributed by atoms with E-state index >= 15 is 0 Å². The molecular formula is C16H11ClF2N2O3. The average molecular weight is 353 g/mol. The van der Waals surface area contributed by atoms with Gasteiger partial charge in [-0.05, 0) is 18.2 Å². The van der Waals surface area contributed by atoms with Gasteiger partial charge in [-0.2, -0.15) is 0 Å². The third-order valence-corrected chi connectivity index (χ3v) is 3.58. The number of carbonyl (C=O) groups excluding carboxylic acids is 1. The molecule has 2 aromatic heterocycles. The molecule has 8 heteroatoms. The third kappa shape index (κ3) is 2.83. The Morgan fingerprint density at radius 3 is 2.92 bits per heavy atom. The fourth-order valence-corrected chi connectivity index (χ4v) is 2.47. The molecule has 0 radical (unpaired) electrons. The maximum atomic E-state index is 14.5. The molecule has 0 saturated carbocycles. The van der Waals surface area contributed by atoms with E-state index in [0.29, 0.717) is 11.0 Å². The Kier molecular flexibility index (Phi) is 4.46. The molecule has 5 nitrogen and oxygen atoms in total. The number of aromatic amines is 1. The number of ether oxygens (including phenoxy) is 1. The zero-order valence-electron chi connectivity index (χ0n) is 12.1. The minimum atomic E-state index is -1.13. The van der Waals surface area contributed by atoms with Gasteiger partial charge in [-0.1, -0.05) is 11.6 Å². The van der Waals surface area contributed by atoms with Crippen molar-refractivity contribution in [3.63, 3.8) is 0 Å². The fourth-order valence-electron chi connectivity index (χ4n) is 2.31. The zero-order chi connectivity index (χ0) is 17.3. The van der Waals surface area contributed by atoms with Gasteiger partial charge in [-0.15, -0.1) is 0 Å². The first-order valence-corrected chi connectivity index (χ1v) is 7.29. The van der Waals surface area contributed by atoms with Crippen molar-refractivity contribution in [2.75, 3.05) is 13.2 Å². The number of aliphatic hydroxyl groups is 1. The summed E-state index contributed by atoms with van der Waals surface area (Å²) >= 11 is 5.86. The Hall–Kier alpha value is -2.51. The smallest absolute Gasteiger partial charge is 0.201 e. The number of pyridine rings is 1. The molecule has 0 aliphatic heterocycles. The molecule has 0 unspecified atom stereocenters. The lowest BCUT2D eigenvalue weighted by Crippen LogP contribution is -2.10. The third-order valence-electron chi connectivity index (χ3n) is 3.37.